The van der Waals surface area contributed by atoms with Crippen LogP contribution in [0.2, 0.25) is 0 Å². The number of hydrogen-bond acceptors (Lipinski definition) is 4. The minimum Gasteiger partial charge on any atom is -0.425 e. The highest BCUT2D eigenvalue weighted by Crippen LogP contribution is 2.31. The first kappa shape index (κ1) is 12.2. The van der Waals surface area contributed by atoms with Gasteiger partial charge in [0, 0.05) is 18.4 Å². The van der Waals surface area contributed by atoms with Crippen LogP contribution in [0, 0.1) is 0 Å². The number of hydrogen-bond donors (Lipinski definition) is 1. The van der Waals surface area contributed by atoms with Crippen molar-refractivity contribution in [2.24, 2.45) is 0 Å². The van der Waals surface area contributed by atoms with E-state index >= 15 is 0 Å². The maximum Gasteiger partial charge on any atom is 0.219 e. The summed E-state index contributed by atoms with van der Waals surface area (Å²) in [6.45, 7) is 1.08. The van der Waals surface area contributed by atoms with E-state index in [4.69, 9.17) is 4.42 Å². The van der Waals surface area contributed by atoms with E-state index in [1.165, 1.54) is 44.9 Å². The molecule has 2 aliphatic carbocycles. The van der Waals surface area contributed by atoms with Gasteiger partial charge in [-0.3, -0.25) is 0 Å². The lowest BCUT2D eigenvalue weighted by atomic mass is 9.89. The molecule has 4 nitrogen and oxygen atoms in total. The van der Waals surface area contributed by atoms with Crippen molar-refractivity contribution in [1.29, 1.82) is 0 Å². The molecule has 100 valence electrons. The van der Waals surface area contributed by atoms with Gasteiger partial charge in [0.05, 0.1) is 0 Å². The van der Waals surface area contributed by atoms with Crippen LogP contribution in [-0.4, -0.2) is 22.8 Å². The summed E-state index contributed by atoms with van der Waals surface area (Å²) in [5.74, 6) is 2.25. The molecule has 0 unspecified atom stereocenters. The molecule has 2 aliphatic rings. The van der Waals surface area contributed by atoms with Crippen LogP contribution >= 0.6 is 0 Å². The van der Waals surface area contributed by atoms with Crippen molar-refractivity contribution in [3.8, 4) is 0 Å². The third kappa shape index (κ3) is 3.31. The summed E-state index contributed by atoms with van der Waals surface area (Å²) >= 11 is 0. The summed E-state index contributed by atoms with van der Waals surface area (Å²) in [7, 11) is 0. The Hall–Kier alpha value is -0.900. The summed E-state index contributed by atoms with van der Waals surface area (Å²) in [5.41, 5.74) is 0. The number of aromatic nitrogens is 2. The van der Waals surface area contributed by atoms with Gasteiger partial charge in [-0.2, -0.15) is 0 Å². The van der Waals surface area contributed by atoms with Crippen molar-refractivity contribution in [3.05, 3.63) is 11.8 Å². The fourth-order valence-electron chi connectivity index (χ4n) is 2.72. The molecule has 0 aliphatic heterocycles. The minimum absolute atomic E-state index is 0.532. The van der Waals surface area contributed by atoms with Gasteiger partial charge in [-0.1, -0.05) is 19.3 Å². The van der Waals surface area contributed by atoms with Gasteiger partial charge in [0.2, 0.25) is 11.8 Å². The predicted molar refractivity (Wildman–Crippen MR) is 69.5 cm³/mol. The zero-order valence-electron chi connectivity index (χ0n) is 11.0. The minimum atomic E-state index is 0.532. The predicted octanol–water partition coefficient (Wildman–Crippen LogP) is 2.80. The Morgan fingerprint density at radius 3 is 2.67 bits per heavy atom. The van der Waals surface area contributed by atoms with E-state index in [1.807, 2.05) is 0 Å². The smallest absolute Gasteiger partial charge is 0.219 e. The SMILES string of the molecule is C1CCC(c2nnc(CCCNC3CC3)o2)CC1. The van der Waals surface area contributed by atoms with Gasteiger partial charge in [0.1, 0.15) is 0 Å². The number of rotatable bonds is 6. The van der Waals surface area contributed by atoms with Crippen LogP contribution < -0.4 is 5.32 Å². The molecule has 1 N–H and O–H groups in total. The zero-order valence-corrected chi connectivity index (χ0v) is 11.0. The molecule has 3 rings (SSSR count). The van der Waals surface area contributed by atoms with Gasteiger partial charge in [-0.05, 0) is 38.6 Å². The lowest BCUT2D eigenvalue weighted by Crippen LogP contribution is -2.17. The first-order valence-corrected chi connectivity index (χ1v) is 7.47. The zero-order chi connectivity index (χ0) is 12.2. The lowest BCUT2D eigenvalue weighted by molar-refractivity contribution is 0.350. The molecule has 0 atom stereocenters. The van der Waals surface area contributed by atoms with Gasteiger partial charge in [0.15, 0.2) is 0 Å². The number of aryl methyl sites for hydroxylation is 1. The van der Waals surface area contributed by atoms with E-state index in [0.717, 1.165) is 37.2 Å². The van der Waals surface area contributed by atoms with Crippen LogP contribution in [0.15, 0.2) is 4.42 Å². The van der Waals surface area contributed by atoms with Crippen molar-refractivity contribution in [2.75, 3.05) is 6.54 Å². The topological polar surface area (TPSA) is 51.0 Å². The molecule has 1 aromatic heterocycles. The lowest BCUT2D eigenvalue weighted by Gasteiger charge is -2.17. The monoisotopic (exact) mass is 249 g/mol. The average molecular weight is 249 g/mol. The molecular weight excluding hydrogens is 226 g/mol. The molecule has 0 spiro atoms. The third-order valence-electron chi connectivity index (χ3n) is 4.01. The molecule has 1 aromatic rings. The van der Waals surface area contributed by atoms with Crippen LogP contribution in [-0.2, 0) is 6.42 Å². The first-order chi connectivity index (χ1) is 8.92. The second kappa shape index (κ2) is 5.83. The standard InChI is InChI=1S/C14H23N3O/c1-2-5-11(6-3-1)14-17-16-13(18-14)7-4-10-15-12-8-9-12/h11-12,15H,1-10H2. The van der Waals surface area contributed by atoms with Crippen LogP contribution in [0.1, 0.15) is 69.1 Å². The van der Waals surface area contributed by atoms with E-state index in [9.17, 15) is 0 Å². The molecule has 0 amide bonds. The number of nitrogens with one attached hydrogen (secondary N) is 1. The summed E-state index contributed by atoms with van der Waals surface area (Å²) < 4.78 is 5.80. The highest BCUT2D eigenvalue weighted by atomic mass is 16.4. The Morgan fingerprint density at radius 2 is 1.89 bits per heavy atom. The quantitative estimate of drug-likeness (QED) is 0.788. The summed E-state index contributed by atoms with van der Waals surface area (Å²) in [6, 6.07) is 0.797. The van der Waals surface area contributed by atoms with E-state index in [-0.39, 0.29) is 0 Å². The Labute approximate surface area is 109 Å². The van der Waals surface area contributed by atoms with Crippen molar-refractivity contribution < 1.29 is 4.42 Å². The molecule has 2 saturated carbocycles. The van der Waals surface area contributed by atoms with E-state index < -0.39 is 0 Å². The summed E-state index contributed by atoms with van der Waals surface area (Å²) in [5, 5.41) is 11.9. The molecule has 0 radical (unpaired) electrons. The van der Waals surface area contributed by atoms with Crippen LogP contribution in [0.25, 0.3) is 0 Å². The summed E-state index contributed by atoms with van der Waals surface area (Å²) in [6.07, 6.45) is 11.2. The first-order valence-electron chi connectivity index (χ1n) is 7.47. The van der Waals surface area contributed by atoms with Crippen LogP contribution in [0.5, 0.6) is 0 Å². The van der Waals surface area contributed by atoms with Crippen LogP contribution in [0.3, 0.4) is 0 Å². The second-order valence-electron chi connectivity index (χ2n) is 5.70. The van der Waals surface area contributed by atoms with Crippen molar-refractivity contribution in [2.45, 2.75) is 69.7 Å². The van der Waals surface area contributed by atoms with Gasteiger partial charge in [-0.15, -0.1) is 10.2 Å². The molecular formula is C14H23N3O. The molecule has 1 heterocycles. The Balaban J connectivity index is 1.43. The fraction of sp³-hybridized carbons (Fsp3) is 0.857. The molecule has 18 heavy (non-hydrogen) atoms. The van der Waals surface area contributed by atoms with E-state index in [1.54, 1.807) is 0 Å². The molecule has 0 bridgehead atoms. The normalized spacial score (nSPS) is 21.3. The van der Waals surface area contributed by atoms with Gasteiger partial charge >= 0.3 is 0 Å². The van der Waals surface area contributed by atoms with Gasteiger partial charge in [-0.25, -0.2) is 0 Å². The van der Waals surface area contributed by atoms with Crippen molar-refractivity contribution >= 4 is 0 Å². The highest BCUT2D eigenvalue weighted by Gasteiger charge is 2.21. The number of nitrogens with zero attached hydrogens (tertiary/aromatic N) is 2. The van der Waals surface area contributed by atoms with Crippen molar-refractivity contribution in [1.82, 2.24) is 15.5 Å². The molecule has 0 aromatic carbocycles. The Bertz CT molecular complexity index is 367. The maximum absolute atomic E-state index is 5.80. The molecule has 4 heteroatoms. The maximum atomic E-state index is 5.80. The van der Waals surface area contributed by atoms with Gasteiger partial charge in [0.25, 0.3) is 0 Å². The fourth-order valence-corrected chi connectivity index (χ4v) is 2.72. The van der Waals surface area contributed by atoms with E-state index in [2.05, 4.69) is 15.5 Å². The third-order valence-corrected chi connectivity index (χ3v) is 4.01. The molecule has 2 fully saturated rings. The van der Waals surface area contributed by atoms with Crippen molar-refractivity contribution in [3.63, 3.8) is 0 Å². The average Bonchev–Trinajstić information content (AvgIpc) is 3.12. The summed E-state index contributed by atoms with van der Waals surface area (Å²) in [4.78, 5) is 0. The van der Waals surface area contributed by atoms with Gasteiger partial charge < -0.3 is 9.73 Å². The largest absolute Gasteiger partial charge is 0.425 e. The highest BCUT2D eigenvalue weighted by molar-refractivity contribution is 4.93. The second-order valence-corrected chi connectivity index (χ2v) is 5.70. The molecule has 0 saturated heterocycles. The Morgan fingerprint density at radius 1 is 1.06 bits per heavy atom. The van der Waals surface area contributed by atoms with E-state index in [0.29, 0.717) is 5.92 Å². The Kier molecular flexibility index (Phi) is 3.93. The van der Waals surface area contributed by atoms with Crippen LogP contribution in [0.4, 0.5) is 0 Å².